The Morgan fingerprint density at radius 3 is 2.94 bits per heavy atom. The first-order valence-corrected chi connectivity index (χ1v) is 7.00. The summed E-state index contributed by atoms with van der Waals surface area (Å²) in [7, 11) is 0. The summed E-state index contributed by atoms with van der Waals surface area (Å²) in [4.78, 5) is 2.50. The minimum Gasteiger partial charge on any atom is -0.506 e. The summed E-state index contributed by atoms with van der Waals surface area (Å²) in [5.41, 5.74) is 1.16. The molecule has 0 aromatic heterocycles. The zero-order valence-corrected chi connectivity index (χ0v) is 11.6. The summed E-state index contributed by atoms with van der Waals surface area (Å²) < 4.78 is 0. The van der Waals surface area contributed by atoms with Crippen molar-refractivity contribution in [2.45, 2.75) is 32.4 Å². The largest absolute Gasteiger partial charge is 0.506 e. The number of phenolic OH excluding ortho intramolecular Hbond substituents is 1. The molecular weight excluding hydrogens is 248 g/mol. The molecule has 1 aliphatic heterocycles. The van der Waals surface area contributed by atoms with Crippen LogP contribution in [-0.2, 0) is 6.54 Å². The second kappa shape index (κ2) is 6.41. The van der Waals surface area contributed by atoms with E-state index >= 15 is 0 Å². The van der Waals surface area contributed by atoms with E-state index in [1.165, 1.54) is 6.42 Å². The van der Waals surface area contributed by atoms with E-state index in [2.05, 4.69) is 17.1 Å². The predicted molar refractivity (Wildman–Crippen MR) is 75.1 cm³/mol. The fraction of sp³-hybridized carbons (Fsp3) is 0.571. The number of aromatic hydroxyl groups is 1. The van der Waals surface area contributed by atoms with Gasteiger partial charge in [0.05, 0.1) is 5.02 Å². The molecule has 2 N–H and O–H groups in total. The molecule has 0 saturated carbocycles. The smallest absolute Gasteiger partial charge is 0.134 e. The van der Waals surface area contributed by atoms with Gasteiger partial charge in [-0.05, 0) is 43.6 Å². The molecule has 100 valence electrons. The van der Waals surface area contributed by atoms with Gasteiger partial charge in [0.1, 0.15) is 5.75 Å². The lowest BCUT2D eigenvalue weighted by Gasteiger charge is -2.28. The Kier molecular flexibility index (Phi) is 4.87. The van der Waals surface area contributed by atoms with Gasteiger partial charge in [0.25, 0.3) is 0 Å². The van der Waals surface area contributed by atoms with Crippen molar-refractivity contribution < 1.29 is 5.11 Å². The highest BCUT2D eigenvalue weighted by Crippen LogP contribution is 2.25. The highest BCUT2D eigenvalue weighted by atomic mass is 35.5. The number of hydrogen-bond donors (Lipinski definition) is 2. The van der Waals surface area contributed by atoms with Crippen LogP contribution in [0.25, 0.3) is 0 Å². The highest BCUT2D eigenvalue weighted by molar-refractivity contribution is 6.32. The third kappa shape index (κ3) is 3.37. The molecule has 4 heteroatoms. The van der Waals surface area contributed by atoms with Gasteiger partial charge in [0.15, 0.2) is 0 Å². The van der Waals surface area contributed by atoms with Gasteiger partial charge < -0.3 is 10.4 Å². The van der Waals surface area contributed by atoms with Crippen molar-refractivity contribution in [1.29, 1.82) is 0 Å². The second-order valence-electron chi connectivity index (χ2n) is 4.90. The van der Waals surface area contributed by atoms with Gasteiger partial charge in [-0.3, -0.25) is 4.90 Å². The Balaban J connectivity index is 2.04. The van der Waals surface area contributed by atoms with Crippen molar-refractivity contribution in [2.24, 2.45) is 0 Å². The summed E-state index contributed by atoms with van der Waals surface area (Å²) in [6.45, 7) is 6.40. The Hall–Kier alpha value is -0.770. The molecule has 1 aliphatic rings. The minimum atomic E-state index is 0.157. The van der Waals surface area contributed by atoms with Crippen molar-refractivity contribution in [3.63, 3.8) is 0 Å². The number of hydrogen-bond acceptors (Lipinski definition) is 3. The molecule has 18 heavy (non-hydrogen) atoms. The predicted octanol–water partition coefficient (Wildman–Crippen LogP) is 2.62. The lowest BCUT2D eigenvalue weighted by atomic mass is 10.1. The summed E-state index contributed by atoms with van der Waals surface area (Å²) in [5, 5.41) is 13.3. The van der Waals surface area contributed by atoms with E-state index in [1.54, 1.807) is 6.07 Å². The molecule has 2 rings (SSSR count). The van der Waals surface area contributed by atoms with Crippen molar-refractivity contribution in [3.05, 3.63) is 28.8 Å². The Labute approximate surface area is 114 Å². The zero-order chi connectivity index (χ0) is 13.0. The van der Waals surface area contributed by atoms with Crippen LogP contribution >= 0.6 is 11.6 Å². The van der Waals surface area contributed by atoms with Gasteiger partial charge in [-0.25, -0.2) is 0 Å². The third-order valence-corrected chi connectivity index (χ3v) is 3.76. The summed E-state index contributed by atoms with van der Waals surface area (Å²) in [6.07, 6.45) is 2.37. The average Bonchev–Trinajstić information content (AvgIpc) is 2.87. The first-order chi connectivity index (χ1) is 8.70. The van der Waals surface area contributed by atoms with Crippen LogP contribution in [0, 0.1) is 0 Å². The van der Waals surface area contributed by atoms with Gasteiger partial charge in [0, 0.05) is 19.1 Å². The maximum Gasteiger partial charge on any atom is 0.134 e. The van der Waals surface area contributed by atoms with Crippen LogP contribution in [0.1, 0.15) is 25.3 Å². The maximum atomic E-state index is 9.44. The molecule has 1 unspecified atom stereocenters. The second-order valence-corrected chi connectivity index (χ2v) is 5.31. The Morgan fingerprint density at radius 1 is 1.50 bits per heavy atom. The van der Waals surface area contributed by atoms with Crippen molar-refractivity contribution in [3.8, 4) is 5.75 Å². The number of nitrogens with zero attached hydrogens (tertiary/aromatic N) is 1. The van der Waals surface area contributed by atoms with Crippen LogP contribution in [-0.4, -0.2) is 35.7 Å². The molecular formula is C14H21ClN2O. The van der Waals surface area contributed by atoms with Crippen LogP contribution in [0.3, 0.4) is 0 Å². The molecule has 1 fully saturated rings. The van der Waals surface area contributed by atoms with Crippen molar-refractivity contribution >= 4 is 11.6 Å². The summed E-state index contributed by atoms with van der Waals surface area (Å²) in [5.74, 6) is 0.157. The van der Waals surface area contributed by atoms with Gasteiger partial charge in [-0.15, -0.1) is 0 Å². The van der Waals surface area contributed by atoms with Crippen LogP contribution < -0.4 is 5.32 Å². The molecule has 1 heterocycles. The molecule has 0 radical (unpaired) electrons. The Morgan fingerprint density at radius 2 is 2.33 bits per heavy atom. The molecule has 0 aliphatic carbocycles. The third-order valence-electron chi connectivity index (χ3n) is 3.46. The fourth-order valence-electron chi connectivity index (χ4n) is 2.51. The lowest BCUT2D eigenvalue weighted by molar-refractivity contribution is 0.199. The number of phenols is 1. The zero-order valence-electron chi connectivity index (χ0n) is 10.8. The molecule has 1 saturated heterocycles. The average molecular weight is 269 g/mol. The van der Waals surface area contributed by atoms with E-state index in [0.717, 1.165) is 38.2 Å². The van der Waals surface area contributed by atoms with Crippen LogP contribution in [0.2, 0.25) is 5.02 Å². The van der Waals surface area contributed by atoms with Crippen LogP contribution in [0.4, 0.5) is 0 Å². The van der Waals surface area contributed by atoms with Crippen LogP contribution in [0.5, 0.6) is 5.75 Å². The van der Waals surface area contributed by atoms with E-state index in [1.807, 2.05) is 12.1 Å². The normalized spacial score (nSPS) is 19.6. The topological polar surface area (TPSA) is 35.5 Å². The molecule has 0 spiro atoms. The standard InChI is InChI=1S/C14H21ClN2O/c1-2-7-17(12-5-6-16-9-12)10-11-3-4-14(18)13(15)8-11/h3-4,8,12,16,18H,2,5-7,9-10H2,1H3. The maximum absolute atomic E-state index is 9.44. The number of benzene rings is 1. The highest BCUT2D eigenvalue weighted by Gasteiger charge is 2.21. The molecule has 3 nitrogen and oxygen atoms in total. The molecule has 1 atom stereocenters. The number of nitrogens with one attached hydrogen (secondary N) is 1. The van der Waals surface area contributed by atoms with E-state index < -0.39 is 0 Å². The monoisotopic (exact) mass is 268 g/mol. The number of rotatable bonds is 5. The molecule has 1 aromatic carbocycles. The van der Waals surface area contributed by atoms with Crippen molar-refractivity contribution in [1.82, 2.24) is 10.2 Å². The molecule has 0 bridgehead atoms. The van der Waals surface area contributed by atoms with Crippen LogP contribution in [0.15, 0.2) is 18.2 Å². The summed E-state index contributed by atoms with van der Waals surface area (Å²) in [6, 6.07) is 6.11. The van der Waals surface area contributed by atoms with E-state index in [0.29, 0.717) is 11.1 Å². The SMILES string of the molecule is CCCN(Cc1ccc(O)c(Cl)c1)C1CCNC1. The van der Waals surface area contributed by atoms with Crippen molar-refractivity contribution in [2.75, 3.05) is 19.6 Å². The minimum absolute atomic E-state index is 0.157. The Bertz CT molecular complexity index is 391. The fourth-order valence-corrected chi connectivity index (χ4v) is 2.72. The number of halogens is 1. The van der Waals surface area contributed by atoms with Gasteiger partial charge in [-0.1, -0.05) is 24.6 Å². The lowest BCUT2D eigenvalue weighted by Crippen LogP contribution is -2.36. The van der Waals surface area contributed by atoms with Gasteiger partial charge in [-0.2, -0.15) is 0 Å². The summed E-state index contributed by atoms with van der Waals surface area (Å²) >= 11 is 5.95. The molecule has 1 aromatic rings. The van der Waals surface area contributed by atoms with Gasteiger partial charge in [0.2, 0.25) is 0 Å². The van der Waals surface area contributed by atoms with Gasteiger partial charge >= 0.3 is 0 Å². The quantitative estimate of drug-likeness (QED) is 0.862. The van der Waals surface area contributed by atoms with E-state index in [4.69, 9.17) is 11.6 Å². The first kappa shape index (κ1) is 13.7. The molecule has 0 amide bonds. The van der Waals surface area contributed by atoms with E-state index in [9.17, 15) is 5.11 Å². The van der Waals surface area contributed by atoms with E-state index in [-0.39, 0.29) is 5.75 Å². The first-order valence-electron chi connectivity index (χ1n) is 6.63.